The molecule has 0 saturated heterocycles. The molecule has 4 nitrogen and oxygen atoms in total. The first-order chi connectivity index (χ1) is 8.41. The van der Waals surface area contributed by atoms with E-state index in [9.17, 15) is 4.79 Å². The first-order valence-corrected chi connectivity index (χ1v) is 6.21. The Morgan fingerprint density at radius 2 is 1.94 bits per heavy atom. The predicted octanol–water partition coefficient (Wildman–Crippen LogP) is 1.67. The molecule has 1 aromatic rings. The van der Waals surface area contributed by atoms with Crippen LogP contribution in [-0.4, -0.2) is 30.9 Å². The van der Waals surface area contributed by atoms with E-state index in [1.54, 1.807) is 0 Å². The minimum absolute atomic E-state index is 0.129. The van der Waals surface area contributed by atoms with Gasteiger partial charge in [0.2, 0.25) is 5.91 Å². The van der Waals surface area contributed by atoms with Crippen LogP contribution in [0.25, 0.3) is 0 Å². The highest BCUT2D eigenvalue weighted by Gasteiger charge is 2.18. The van der Waals surface area contributed by atoms with Crippen LogP contribution in [0.3, 0.4) is 0 Å². The van der Waals surface area contributed by atoms with Crippen LogP contribution in [0.15, 0.2) is 24.3 Å². The fourth-order valence-electron chi connectivity index (χ4n) is 1.64. The molecule has 0 fully saturated rings. The molecule has 0 aliphatic rings. The number of rotatable bonds is 5. The largest absolute Gasteiger partial charge is 0.324 e. The Hall–Kier alpha value is -1.39. The van der Waals surface area contributed by atoms with Gasteiger partial charge in [-0.05, 0) is 31.6 Å². The van der Waals surface area contributed by atoms with E-state index in [-0.39, 0.29) is 11.8 Å². The maximum absolute atomic E-state index is 11.9. The second-order valence-electron chi connectivity index (χ2n) is 5.15. The van der Waals surface area contributed by atoms with Crippen molar-refractivity contribution in [2.75, 3.05) is 19.4 Å². The molecule has 0 saturated carbocycles. The van der Waals surface area contributed by atoms with Gasteiger partial charge in [-0.1, -0.05) is 32.0 Å². The first-order valence-electron chi connectivity index (χ1n) is 6.21. The fourth-order valence-corrected chi connectivity index (χ4v) is 1.64. The van der Waals surface area contributed by atoms with E-state index in [1.807, 2.05) is 52.2 Å². The van der Waals surface area contributed by atoms with E-state index in [2.05, 4.69) is 10.2 Å². The number of hydrogen-bond acceptors (Lipinski definition) is 3. The minimum Gasteiger partial charge on any atom is -0.324 e. The molecule has 0 radical (unpaired) electrons. The Labute approximate surface area is 109 Å². The average molecular weight is 249 g/mol. The molecule has 0 aliphatic heterocycles. The lowest BCUT2D eigenvalue weighted by molar-refractivity contribution is -0.118. The van der Waals surface area contributed by atoms with Crippen LogP contribution in [0.4, 0.5) is 5.69 Å². The molecule has 0 aliphatic carbocycles. The molecule has 100 valence electrons. The zero-order valence-corrected chi connectivity index (χ0v) is 11.6. The second-order valence-corrected chi connectivity index (χ2v) is 5.15. The van der Waals surface area contributed by atoms with Gasteiger partial charge in [0, 0.05) is 12.2 Å². The summed E-state index contributed by atoms with van der Waals surface area (Å²) in [5.41, 5.74) is 7.77. The molecule has 0 spiro atoms. The van der Waals surface area contributed by atoms with Gasteiger partial charge in [0.15, 0.2) is 0 Å². The third-order valence-electron chi connectivity index (χ3n) is 2.78. The van der Waals surface area contributed by atoms with Crippen molar-refractivity contribution in [1.82, 2.24) is 4.90 Å². The van der Waals surface area contributed by atoms with Crippen molar-refractivity contribution >= 4 is 11.6 Å². The normalized spacial score (nSPS) is 12.8. The van der Waals surface area contributed by atoms with E-state index in [0.717, 1.165) is 17.8 Å². The number of benzene rings is 1. The molecular formula is C14H23N3O. The number of para-hydroxylation sites is 1. The molecule has 1 atom stereocenters. The van der Waals surface area contributed by atoms with Crippen LogP contribution in [0.1, 0.15) is 19.4 Å². The number of nitrogens with zero attached hydrogens (tertiary/aromatic N) is 1. The summed E-state index contributed by atoms with van der Waals surface area (Å²) in [5, 5.41) is 2.91. The molecule has 1 aromatic carbocycles. The minimum atomic E-state index is -0.475. The lowest BCUT2D eigenvalue weighted by Gasteiger charge is -2.18. The monoisotopic (exact) mass is 249 g/mol. The van der Waals surface area contributed by atoms with Gasteiger partial charge in [-0.25, -0.2) is 0 Å². The lowest BCUT2D eigenvalue weighted by atomic mass is 10.0. The van der Waals surface area contributed by atoms with E-state index in [1.165, 1.54) is 0 Å². The van der Waals surface area contributed by atoms with E-state index < -0.39 is 6.04 Å². The summed E-state index contributed by atoms with van der Waals surface area (Å²) in [5.74, 6) is 0.00205. The zero-order chi connectivity index (χ0) is 13.7. The molecule has 0 aromatic heterocycles. The van der Waals surface area contributed by atoms with Gasteiger partial charge < -0.3 is 16.0 Å². The van der Waals surface area contributed by atoms with Gasteiger partial charge in [0.1, 0.15) is 0 Å². The van der Waals surface area contributed by atoms with Crippen molar-refractivity contribution in [3.05, 3.63) is 29.8 Å². The second kappa shape index (κ2) is 6.52. The first kappa shape index (κ1) is 14.7. The number of amides is 1. The molecule has 0 bridgehead atoms. The molecule has 0 heterocycles. The van der Waals surface area contributed by atoms with Gasteiger partial charge in [-0.15, -0.1) is 0 Å². The summed E-state index contributed by atoms with van der Waals surface area (Å²) in [6.07, 6.45) is 0. The van der Waals surface area contributed by atoms with Crippen LogP contribution in [-0.2, 0) is 11.3 Å². The highest BCUT2D eigenvalue weighted by atomic mass is 16.2. The third kappa shape index (κ3) is 4.13. The summed E-state index contributed by atoms with van der Waals surface area (Å²) in [6, 6.07) is 7.32. The number of carbonyl (C=O) groups is 1. The Morgan fingerprint density at radius 3 is 2.50 bits per heavy atom. The van der Waals surface area contributed by atoms with Crippen LogP contribution in [0.2, 0.25) is 0 Å². The molecule has 18 heavy (non-hydrogen) atoms. The number of carbonyl (C=O) groups excluding carboxylic acids is 1. The summed E-state index contributed by atoms with van der Waals surface area (Å²) < 4.78 is 0. The molecule has 3 N–H and O–H groups in total. The topological polar surface area (TPSA) is 58.4 Å². The van der Waals surface area contributed by atoms with Crippen molar-refractivity contribution in [2.24, 2.45) is 11.7 Å². The van der Waals surface area contributed by atoms with Gasteiger partial charge >= 0.3 is 0 Å². The van der Waals surface area contributed by atoms with Gasteiger partial charge in [0.05, 0.1) is 6.04 Å². The quantitative estimate of drug-likeness (QED) is 0.834. The fraction of sp³-hybridized carbons (Fsp3) is 0.500. The van der Waals surface area contributed by atoms with Gasteiger partial charge in [-0.2, -0.15) is 0 Å². The van der Waals surface area contributed by atoms with Crippen molar-refractivity contribution < 1.29 is 4.79 Å². The number of hydrogen-bond donors (Lipinski definition) is 2. The van der Waals surface area contributed by atoms with Crippen LogP contribution in [0, 0.1) is 5.92 Å². The Morgan fingerprint density at radius 1 is 1.33 bits per heavy atom. The Kier molecular flexibility index (Phi) is 5.31. The summed E-state index contributed by atoms with van der Waals surface area (Å²) in [4.78, 5) is 14.0. The van der Waals surface area contributed by atoms with Crippen molar-refractivity contribution in [3.63, 3.8) is 0 Å². The predicted molar refractivity (Wildman–Crippen MR) is 75.3 cm³/mol. The Balaban J connectivity index is 2.81. The smallest absolute Gasteiger partial charge is 0.241 e. The van der Waals surface area contributed by atoms with Gasteiger partial charge in [0.25, 0.3) is 0 Å². The zero-order valence-electron chi connectivity index (χ0n) is 11.6. The highest BCUT2D eigenvalue weighted by molar-refractivity contribution is 5.95. The molecule has 4 heteroatoms. The van der Waals surface area contributed by atoms with Crippen molar-refractivity contribution in [1.29, 1.82) is 0 Å². The third-order valence-corrected chi connectivity index (χ3v) is 2.78. The summed E-state index contributed by atoms with van der Waals surface area (Å²) in [6.45, 7) is 4.67. The van der Waals surface area contributed by atoms with Crippen LogP contribution < -0.4 is 11.1 Å². The maximum atomic E-state index is 11.9. The molecule has 1 amide bonds. The number of nitrogens with one attached hydrogen (secondary N) is 1. The van der Waals surface area contributed by atoms with E-state index >= 15 is 0 Å². The van der Waals surface area contributed by atoms with E-state index in [0.29, 0.717) is 0 Å². The molecular weight excluding hydrogens is 226 g/mol. The number of nitrogens with two attached hydrogens (primary N) is 1. The summed E-state index contributed by atoms with van der Waals surface area (Å²) >= 11 is 0. The summed E-state index contributed by atoms with van der Waals surface area (Å²) in [7, 11) is 4.00. The highest BCUT2D eigenvalue weighted by Crippen LogP contribution is 2.17. The van der Waals surface area contributed by atoms with E-state index in [4.69, 9.17) is 5.73 Å². The van der Waals surface area contributed by atoms with Crippen LogP contribution in [0.5, 0.6) is 0 Å². The average Bonchev–Trinajstić information content (AvgIpc) is 2.29. The SMILES string of the molecule is CC(C)[C@@H](N)C(=O)Nc1ccccc1CN(C)C. The molecule has 0 unspecified atom stereocenters. The Bertz CT molecular complexity index is 402. The van der Waals surface area contributed by atoms with Gasteiger partial charge in [-0.3, -0.25) is 4.79 Å². The standard InChI is InChI=1S/C14H23N3O/c1-10(2)13(15)14(18)16-12-8-6-5-7-11(12)9-17(3)4/h5-8,10,13H,9,15H2,1-4H3,(H,16,18)/t13-/m1/s1. The lowest BCUT2D eigenvalue weighted by Crippen LogP contribution is -2.40. The van der Waals surface area contributed by atoms with Crippen LogP contribution >= 0.6 is 0 Å². The molecule has 1 rings (SSSR count). The number of anilines is 1. The van der Waals surface area contributed by atoms with Crippen molar-refractivity contribution in [3.8, 4) is 0 Å². The maximum Gasteiger partial charge on any atom is 0.241 e. The van der Waals surface area contributed by atoms with Crippen molar-refractivity contribution in [2.45, 2.75) is 26.4 Å².